The molecular formula is C17H20N2O3S. The summed E-state index contributed by atoms with van der Waals surface area (Å²) in [5, 5.41) is 19.2. The van der Waals surface area contributed by atoms with Crippen molar-refractivity contribution < 1.29 is 14.7 Å². The van der Waals surface area contributed by atoms with Crippen molar-refractivity contribution in [2.45, 2.75) is 51.4 Å². The molecule has 5 nitrogen and oxygen atoms in total. The molecule has 3 rings (SSSR count). The number of hydrogen-bond donors (Lipinski definition) is 2. The van der Waals surface area contributed by atoms with Crippen LogP contribution in [0.25, 0.3) is 0 Å². The van der Waals surface area contributed by atoms with Crippen molar-refractivity contribution in [3.8, 4) is 6.07 Å². The summed E-state index contributed by atoms with van der Waals surface area (Å²) in [6.07, 6.45) is 7.17. The molecule has 1 aromatic rings. The molecule has 2 aliphatic rings. The summed E-state index contributed by atoms with van der Waals surface area (Å²) < 4.78 is 0. The van der Waals surface area contributed by atoms with Gasteiger partial charge in [-0.05, 0) is 30.7 Å². The van der Waals surface area contributed by atoms with Gasteiger partial charge in [-0.1, -0.05) is 32.1 Å². The number of Topliss-reactive ketones (excluding diaryl/α,β-unsaturated/α-hetero) is 1. The molecule has 0 saturated heterocycles. The van der Waals surface area contributed by atoms with E-state index in [0.717, 1.165) is 24.2 Å². The number of hydrogen-bond acceptors (Lipinski definition) is 5. The van der Waals surface area contributed by atoms with Gasteiger partial charge < -0.3 is 10.8 Å². The first kappa shape index (κ1) is 16.0. The number of nitrogen functional groups attached to an aromatic ring is 1. The number of ketones is 1. The zero-order valence-electron chi connectivity index (χ0n) is 12.9. The van der Waals surface area contributed by atoms with E-state index in [4.69, 9.17) is 5.73 Å². The Kier molecular flexibility index (Phi) is 4.15. The van der Waals surface area contributed by atoms with Crippen LogP contribution in [0.4, 0.5) is 5.00 Å². The van der Waals surface area contributed by atoms with Gasteiger partial charge in [0, 0.05) is 0 Å². The van der Waals surface area contributed by atoms with Crippen LogP contribution in [0.15, 0.2) is 0 Å². The first-order valence-electron chi connectivity index (χ1n) is 8.09. The Bertz CT molecular complexity index is 697. The molecule has 1 saturated carbocycles. The van der Waals surface area contributed by atoms with Crippen LogP contribution in [0, 0.1) is 22.7 Å². The first-order chi connectivity index (χ1) is 11.0. The Morgan fingerprint density at radius 2 is 2.09 bits per heavy atom. The maximum absolute atomic E-state index is 13.0. The fourth-order valence-electron chi connectivity index (χ4n) is 4.04. The molecule has 0 aromatic carbocycles. The molecule has 3 N–H and O–H groups in total. The van der Waals surface area contributed by atoms with Crippen molar-refractivity contribution in [3.05, 3.63) is 16.0 Å². The third-order valence-electron chi connectivity index (χ3n) is 5.27. The minimum Gasteiger partial charge on any atom is -0.478 e. The number of rotatable bonds is 3. The second-order valence-corrected chi connectivity index (χ2v) is 7.74. The van der Waals surface area contributed by atoms with E-state index in [1.807, 2.05) is 0 Å². The molecule has 1 atom stereocenters. The van der Waals surface area contributed by atoms with Gasteiger partial charge in [0.25, 0.3) is 0 Å². The summed E-state index contributed by atoms with van der Waals surface area (Å²) in [7, 11) is 0. The van der Waals surface area contributed by atoms with Crippen LogP contribution < -0.4 is 5.73 Å². The highest BCUT2D eigenvalue weighted by Crippen LogP contribution is 2.47. The molecule has 6 heteroatoms. The van der Waals surface area contributed by atoms with Crippen molar-refractivity contribution in [1.82, 2.24) is 0 Å². The van der Waals surface area contributed by atoms with Crippen LogP contribution in [-0.2, 0) is 6.42 Å². The van der Waals surface area contributed by atoms with Gasteiger partial charge in [0.2, 0.25) is 0 Å². The highest BCUT2D eigenvalue weighted by atomic mass is 32.1. The van der Waals surface area contributed by atoms with Crippen LogP contribution >= 0.6 is 11.3 Å². The highest BCUT2D eigenvalue weighted by Gasteiger charge is 2.47. The van der Waals surface area contributed by atoms with Gasteiger partial charge in [-0.2, -0.15) is 5.26 Å². The SMILES string of the molecule is N#CC1(CC2CCCCC2)CCc2c(sc(N)c2C(=O)O)C1=O. The Balaban J connectivity index is 1.94. The van der Waals surface area contributed by atoms with E-state index < -0.39 is 11.4 Å². The van der Waals surface area contributed by atoms with E-state index in [2.05, 4.69) is 6.07 Å². The standard InChI is InChI=1S/C17H20N2O3S/c18-9-17(8-10-4-2-1-3-5-10)7-6-11-12(16(21)22)15(19)23-13(11)14(17)20/h10H,1-8,19H2,(H,21,22). The molecule has 0 bridgehead atoms. The average molecular weight is 332 g/mol. The lowest BCUT2D eigenvalue weighted by molar-refractivity contribution is 0.0696. The van der Waals surface area contributed by atoms with Gasteiger partial charge in [-0.15, -0.1) is 11.3 Å². The molecule has 1 aromatic heterocycles. The third kappa shape index (κ3) is 2.63. The number of aromatic carboxylic acids is 1. The lowest BCUT2D eigenvalue weighted by atomic mass is 9.67. The first-order valence-corrected chi connectivity index (χ1v) is 8.90. The fourth-order valence-corrected chi connectivity index (χ4v) is 5.19. The number of carboxylic acids is 1. The Morgan fingerprint density at radius 3 is 2.70 bits per heavy atom. The molecule has 122 valence electrons. The summed E-state index contributed by atoms with van der Waals surface area (Å²) >= 11 is 1.03. The van der Waals surface area contributed by atoms with Gasteiger partial charge in [0.05, 0.1) is 16.5 Å². The summed E-state index contributed by atoms with van der Waals surface area (Å²) in [5.41, 5.74) is 5.39. The average Bonchev–Trinajstić information content (AvgIpc) is 2.88. The molecule has 23 heavy (non-hydrogen) atoms. The molecule has 2 aliphatic carbocycles. The van der Waals surface area contributed by atoms with Crippen molar-refractivity contribution in [2.75, 3.05) is 5.73 Å². The number of anilines is 1. The van der Waals surface area contributed by atoms with E-state index in [9.17, 15) is 20.0 Å². The van der Waals surface area contributed by atoms with Crippen LogP contribution in [0.3, 0.4) is 0 Å². The smallest absolute Gasteiger partial charge is 0.338 e. The van der Waals surface area contributed by atoms with Crippen molar-refractivity contribution in [1.29, 1.82) is 5.26 Å². The number of nitrogens with zero attached hydrogens (tertiary/aromatic N) is 1. The molecule has 1 fully saturated rings. The van der Waals surface area contributed by atoms with E-state index >= 15 is 0 Å². The number of fused-ring (bicyclic) bond motifs is 1. The molecule has 1 unspecified atom stereocenters. The normalized spacial score (nSPS) is 24.9. The van der Waals surface area contributed by atoms with Crippen LogP contribution in [0.2, 0.25) is 0 Å². The number of nitrogens with two attached hydrogens (primary N) is 1. The molecule has 0 radical (unpaired) electrons. The largest absolute Gasteiger partial charge is 0.478 e. The minimum absolute atomic E-state index is 0.0579. The zero-order chi connectivity index (χ0) is 16.6. The number of carbonyl (C=O) groups is 2. The molecular weight excluding hydrogens is 312 g/mol. The monoisotopic (exact) mass is 332 g/mol. The third-order valence-corrected chi connectivity index (χ3v) is 6.33. The summed E-state index contributed by atoms with van der Waals surface area (Å²) in [5.74, 6) is -0.884. The quantitative estimate of drug-likeness (QED) is 0.879. The lowest BCUT2D eigenvalue weighted by Crippen LogP contribution is -2.36. The maximum Gasteiger partial charge on any atom is 0.338 e. The second kappa shape index (κ2) is 5.97. The number of nitriles is 1. The number of carboxylic acid groups (broad SMARTS) is 1. The van der Waals surface area contributed by atoms with E-state index in [-0.39, 0.29) is 16.3 Å². The summed E-state index contributed by atoms with van der Waals surface area (Å²) in [6.45, 7) is 0. The molecule has 0 amide bonds. The minimum atomic E-state index is -1.09. The second-order valence-electron chi connectivity index (χ2n) is 6.69. The number of thiophene rings is 1. The Labute approximate surface area is 139 Å². The van der Waals surface area contributed by atoms with Crippen LogP contribution in [0.5, 0.6) is 0 Å². The predicted octanol–water partition coefficient (Wildman–Crippen LogP) is 3.64. The fraction of sp³-hybridized carbons (Fsp3) is 0.588. The molecule has 0 aliphatic heterocycles. The zero-order valence-corrected chi connectivity index (χ0v) is 13.7. The van der Waals surface area contributed by atoms with E-state index in [1.165, 1.54) is 19.3 Å². The highest BCUT2D eigenvalue weighted by molar-refractivity contribution is 7.18. The number of carbonyl (C=O) groups excluding carboxylic acids is 1. The summed E-state index contributed by atoms with van der Waals surface area (Å²) in [6, 6.07) is 2.28. The lowest BCUT2D eigenvalue weighted by Gasteiger charge is -2.34. The maximum atomic E-state index is 13.0. The summed E-state index contributed by atoms with van der Waals surface area (Å²) in [4.78, 5) is 24.7. The Hall–Kier alpha value is -1.87. The van der Waals surface area contributed by atoms with Gasteiger partial charge in [0.1, 0.15) is 10.4 Å². The van der Waals surface area contributed by atoms with Crippen molar-refractivity contribution in [2.24, 2.45) is 11.3 Å². The van der Waals surface area contributed by atoms with E-state index in [0.29, 0.717) is 35.6 Å². The molecule has 0 spiro atoms. The van der Waals surface area contributed by atoms with Crippen LogP contribution in [0.1, 0.15) is 70.5 Å². The van der Waals surface area contributed by atoms with Gasteiger partial charge in [0.15, 0.2) is 5.78 Å². The van der Waals surface area contributed by atoms with Gasteiger partial charge >= 0.3 is 5.97 Å². The predicted molar refractivity (Wildman–Crippen MR) is 87.6 cm³/mol. The van der Waals surface area contributed by atoms with Gasteiger partial charge in [-0.3, -0.25) is 4.79 Å². The Morgan fingerprint density at radius 1 is 1.39 bits per heavy atom. The van der Waals surface area contributed by atoms with Crippen LogP contribution in [-0.4, -0.2) is 16.9 Å². The van der Waals surface area contributed by atoms with Gasteiger partial charge in [-0.25, -0.2) is 4.79 Å². The van der Waals surface area contributed by atoms with E-state index in [1.54, 1.807) is 0 Å². The van der Waals surface area contributed by atoms with Crippen molar-refractivity contribution >= 4 is 28.1 Å². The van der Waals surface area contributed by atoms with Crippen molar-refractivity contribution in [3.63, 3.8) is 0 Å². The topological polar surface area (TPSA) is 104 Å². The molecule has 1 heterocycles.